The number of ether oxygens (including phenoxy) is 8. The van der Waals surface area contributed by atoms with E-state index < -0.39 is 89.8 Å². The Balaban J connectivity index is 1.46. The number of carbonyl (C=O) groups excluding carboxylic acids is 3. The molecular weight excluding hydrogens is 894 g/mol. The Kier molecular flexibility index (Phi) is 17.6. The molecule has 0 aliphatic carbocycles. The number of allylic oxidation sites excluding steroid dienone is 1. The van der Waals surface area contributed by atoms with Crippen molar-refractivity contribution in [1.29, 1.82) is 0 Å². The largest absolute Gasteiger partial charge is 0.509 e. The predicted octanol–water partition coefficient (Wildman–Crippen LogP) is 9.25. The number of benzene rings is 2. The molecule has 0 bridgehead atoms. The van der Waals surface area contributed by atoms with Crippen LogP contribution in [0.5, 0.6) is 0 Å². The summed E-state index contributed by atoms with van der Waals surface area (Å²) in [5.74, 6) is -3.71. The molecule has 0 amide bonds. The molecule has 0 radical (unpaired) electrons. The number of nitrogens with zero attached hydrogens (tertiary/aromatic N) is 3. The van der Waals surface area contributed by atoms with Crippen LogP contribution in [-0.4, -0.2) is 115 Å². The van der Waals surface area contributed by atoms with E-state index in [0.717, 1.165) is 22.0 Å². The number of methoxy groups -OCH3 is 1. The average molecular weight is 965 g/mol. The van der Waals surface area contributed by atoms with E-state index in [2.05, 4.69) is 11.1 Å². The normalized spacial score (nSPS) is 34.5. The fraction of sp³-hybridized carbons (Fsp3) is 0.596. The topological polar surface area (TPSA) is 163 Å². The fourth-order valence-electron chi connectivity index (χ4n) is 10.3. The lowest BCUT2D eigenvalue weighted by Crippen LogP contribution is -2.61. The maximum atomic E-state index is 14.7. The number of hydrogen-bond acceptors (Lipinski definition) is 15. The Labute approximate surface area is 406 Å². The van der Waals surface area contributed by atoms with E-state index in [1.165, 1.54) is 6.92 Å². The molecule has 2 aromatic carbocycles. The highest BCUT2D eigenvalue weighted by atomic mass is 35.5. The summed E-state index contributed by atoms with van der Waals surface area (Å²) in [6, 6.07) is 17.1. The summed E-state index contributed by atoms with van der Waals surface area (Å²) in [4.78, 5) is 53.4. The smallest absolute Gasteiger partial charge is 0.497 e. The molecule has 3 aliphatic heterocycles. The average Bonchev–Trinajstić information content (AvgIpc) is 3.62. The zero-order chi connectivity index (χ0) is 49.5. The van der Waals surface area contributed by atoms with Gasteiger partial charge in [-0.05, 0) is 97.3 Å². The standard InChI is InChI=1S/C52H70ClN3O12/c1-13-42-52(9)47(67-50(59)68-52)32(4)43(55-62-29-38-21-14-16-22-39(38)53)30(2)27-51(8,60-12)46(66-49-45(64-35(7)57)41(56(10)11)25-31(3)63-49)33(5)44(34(6)48(58)65-42)61-24-18-19-36-26-37-20-15-17-23-40(37)54-28-36/h14-18,20-24,26,28,30-34,41-42,44-47,49H,13,19,25,27,29H2,1-12H3/b24-18-,55-43+/t30-,31-,32+,33+,34-,41+,42-,44+,45-,46-,47-,49+,51-,52-/m1/s1. The predicted molar refractivity (Wildman–Crippen MR) is 257 cm³/mol. The number of carbonyl (C=O) groups is 3. The van der Waals surface area contributed by atoms with Crippen LogP contribution in [0, 0.1) is 23.7 Å². The van der Waals surface area contributed by atoms with Crippen molar-refractivity contribution in [2.24, 2.45) is 28.8 Å². The van der Waals surface area contributed by atoms with Gasteiger partial charge >= 0.3 is 18.1 Å². The molecule has 0 unspecified atom stereocenters. The van der Waals surface area contributed by atoms with Crippen molar-refractivity contribution in [3.63, 3.8) is 0 Å². The van der Waals surface area contributed by atoms with Crippen LogP contribution in [-0.2, 0) is 65.3 Å². The lowest BCUT2D eigenvalue weighted by Gasteiger charge is -2.49. The minimum absolute atomic E-state index is 0.0595. The van der Waals surface area contributed by atoms with Gasteiger partial charge in [0, 0.05) is 54.0 Å². The van der Waals surface area contributed by atoms with Crippen LogP contribution in [0.15, 0.2) is 78.3 Å². The fourth-order valence-corrected chi connectivity index (χ4v) is 10.5. The van der Waals surface area contributed by atoms with Crippen LogP contribution in [0.4, 0.5) is 4.79 Å². The molecule has 6 rings (SSSR count). The summed E-state index contributed by atoms with van der Waals surface area (Å²) in [6.07, 6.45) is 0.165. The highest BCUT2D eigenvalue weighted by Gasteiger charge is 2.59. The Hall–Kier alpha value is -4.80. The molecule has 0 saturated carbocycles. The number of halogens is 1. The molecule has 0 N–H and O–H groups in total. The van der Waals surface area contributed by atoms with Gasteiger partial charge in [0.2, 0.25) is 0 Å². The number of esters is 2. The van der Waals surface area contributed by atoms with Gasteiger partial charge in [0.1, 0.15) is 18.8 Å². The second kappa shape index (κ2) is 22.7. The molecular formula is C52H70ClN3O12. The number of aromatic nitrogens is 1. The van der Waals surface area contributed by atoms with Gasteiger partial charge in [0.05, 0.1) is 47.3 Å². The van der Waals surface area contributed by atoms with Crippen LogP contribution >= 0.6 is 11.6 Å². The third kappa shape index (κ3) is 12.0. The van der Waals surface area contributed by atoms with Crippen molar-refractivity contribution < 1.29 is 57.1 Å². The second-order valence-corrected chi connectivity index (χ2v) is 19.7. The van der Waals surface area contributed by atoms with Crippen molar-refractivity contribution >= 4 is 46.3 Å². The highest BCUT2D eigenvalue weighted by Crippen LogP contribution is 2.43. The zero-order valence-electron chi connectivity index (χ0n) is 41.5. The minimum Gasteiger partial charge on any atom is -0.497 e. The molecule has 4 heterocycles. The van der Waals surface area contributed by atoms with E-state index >= 15 is 0 Å². The van der Waals surface area contributed by atoms with Crippen LogP contribution in [0.2, 0.25) is 5.02 Å². The molecule has 68 heavy (non-hydrogen) atoms. The summed E-state index contributed by atoms with van der Waals surface area (Å²) < 4.78 is 51.5. The van der Waals surface area contributed by atoms with Gasteiger partial charge in [-0.25, -0.2) is 4.79 Å². The number of para-hydroxylation sites is 1. The minimum atomic E-state index is -1.43. The van der Waals surface area contributed by atoms with Crippen LogP contribution < -0.4 is 0 Å². The van der Waals surface area contributed by atoms with E-state index in [4.69, 9.17) is 59.5 Å². The van der Waals surface area contributed by atoms with Gasteiger partial charge in [-0.2, -0.15) is 0 Å². The van der Waals surface area contributed by atoms with Gasteiger partial charge in [0.25, 0.3) is 0 Å². The maximum absolute atomic E-state index is 14.7. The van der Waals surface area contributed by atoms with Crippen LogP contribution in [0.3, 0.4) is 0 Å². The van der Waals surface area contributed by atoms with E-state index in [1.807, 2.05) is 115 Å². The van der Waals surface area contributed by atoms with Gasteiger partial charge in [-0.15, -0.1) is 0 Å². The first-order chi connectivity index (χ1) is 32.3. The maximum Gasteiger partial charge on any atom is 0.509 e. The van der Waals surface area contributed by atoms with Crippen molar-refractivity contribution in [3.05, 3.63) is 89.3 Å². The van der Waals surface area contributed by atoms with Gasteiger partial charge in [0.15, 0.2) is 24.1 Å². The number of rotatable bonds is 13. The van der Waals surface area contributed by atoms with Crippen LogP contribution in [0.25, 0.3) is 10.9 Å². The van der Waals surface area contributed by atoms with E-state index in [9.17, 15) is 14.4 Å². The summed E-state index contributed by atoms with van der Waals surface area (Å²) in [5, 5.41) is 6.31. The van der Waals surface area contributed by atoms with Crippen molar-refractivity contribution in [2.45, 2.75) is 155 Å². The SMILES string of the molecule is CC[C@H]1OC(=O)[C@H](C)[C@@H](O/C=C\Cc2cnc3ccccc3c2)[C@H](C)[C@@H](O[C@@H]2O[C@H](C)C[C@H](N(C)C)[C@H]2OC(C)=O)[C@](C)(OC)C[C@@H](C)/C(=N\OCc2ccccc2Cl)[C@H](C)[C@H]2OC(=O)O[C@@]21C. The third-order valence-electron chi connectivity index (χ3n) is 13.9. The monoisotopic (exact) mass is 963 g/mol. The van der Waals surface area contributed by atoms with Gasteiger partial charge in [-0.3, -0.25) is 14.6 Å². The van der Waals surface area contributed by atoms with Gasteiger partial charge < -0.3 is 47.6 Å². The molecule has 14 atom stereocenters. The third-order valence-corrected chi connectivity index (χ3v) is 14.3. The molecule has 1 aromatic heterocycles. The Morgan fingerprint density at radius 2 is 1.72 bits per heavy atom. The first kappa shape index (κ1) is 52.6. The van der Waals surface area contributed by atoms with Crippen molar-refractivity contribution in [2.75, 3.05) is 21.2 Å². The highest BCUT2D eigenvalue weighted by molar-refractivity contribution is 6.31. The van der Waals surface area contributed by atoms with E-state index in [-0.39, 0.29) is 31.6 Å². The molecule has 0 spiro atoms. The van der Waals surface area contributed by atoms with Gasteiger partial charge in [-0.1, -0.05) is 80.8 Å². The molecule has 3 saturated heterocycles. The first-order valence-corrected chi connectivity index (χ1v) is 24.0. The van der Waals surface area contributed by atoms with E-state index in [1.54, 1.807) is 33.3 Å². The number of hydrogen-bond donors (Lipinski definition) is 0. The molecule has 372 valence electrons. The summed E-state index contributed by atoms with van der Waals surface area (Å²) in [6.45, 7) is 16.5. The molecule has 3 aliphatic rings. The van der Waals surface area contributed by atoms with E-state index in [0.29, 0.717) is 23.6 Å². The number of oxime groups is 1. The molecule has 3 fully saturated rings. The number of pyridine rings is 1. The molecule has 16 heteroatoms. The lowest BCUT2D eigenvalue weighted by molar-refractivity contribution is -0.303. The Morgan fingerprint density at radius 3 is 2.41 bits per heavy atom. The molecule has 3 aromatic rings. The first-order valence-electron chi connectivity index (χ1n) is 23.7. The second-order valence-electron chi connectivity index (χ2n) is 19.3. The lowest BCUT2D eigenvalue weighted by atomic mass is 9.73. The summed E-state index contributed by atoms with van der Waals surface area (Å²) >= 11 is 6.52. The van der Waals surface area contributed by atoms with Crippen molar-refractivity contribution in [1.82, 2.24) is 9.88 Å². The van der Waals surface area contributed by atoms with Crippen LogP contribution in [0.1, 0.15) is 92.7 Å². The quantitative estimate of drug-likeness (QED) is 0.0689. The number of likely N-dealkylation sites (N-methyl/N-ethyl adjacent to an activating group) is 1. The number of fused-ring (bicyclic) bond motifs is 2. The zero-order valence-corrected chi connectivity index (χ0v) is 42.3. The summed E-state index contributed by atoms with van der Waals surface area (Å²) in [7, 11) is 5.45. The Bertz CT molecular complexity index is 2280. The van der Waals surface area contributed by atoms with Crippen molar-refractivity contribution in [3.8, 4) is 0 Å². The Morgan fingerprint density at radius 1 is 1.00 bits per heavy atom. The molecule has 15 nitrogen and oxygen atoms in total. The number of cyclic esters (lactones) is 1. The summed E-state index contributed by atoms with van der Waals surface area (Å²) in [5.41, 5.74) is 0.491.